The van der Waals surface area contributed by atoms with Crippen LogP contribution in [0.4, 0.5) is 0 Å². The normalized spacial score (nSPS) is 14.3. The van der Waals surface area contributed by atoms with Crippen molar-refractivity contribution in [1.82, 2.24) is 0 Å². The number of benzene rings is 1. The zero-order valence-corrected chi connectivity index (χ0v) is 20.7. The van der Waals surface area contributed by atoms with Crippen LogP contribution < -0.4 is 4.74 Å². The molecule has 0 saturated carbocycles. The molecule has 1 aromatic rings. The van der Waals surface area contributed by atoms with Crippen molar-refractivity contribution in [3.8, 4) is 5.75 Å². The Hall–Kier alpha value is -1.02. The molecule has 2 nitrogen and oxygen atoms in total. The van der Waals surface area contributed by atoms with Gasteiger partial charge in [0.25, 0.3) is 0 Å². The first-order valence-electron chi connectivity index (χ1n) is 10.7. The fourth-order valence-electron chi connectivity index (χ4n) is 4.75. The summed E-state index contributed by atoms with van der Waals surface area (Å²) in [7, 11) is 0. The molecule has 2 heteroatoms. The van der Waals surface area contributed by atoms with E-state index in [0.29, 0.717) is 0 Å². The summed E-state index contributed by atoms with van der Waals surface area (Å²) >= 11 is 0. The van der Waals surface area contributed by atoms with Crippen molar-refractivity contribution in [3.63, 3.8) is 0 Å². The van der Waals surface area contributed by atoms with Gasteiger partial charge in [-0.3, -0.25) is 0 Å². The highest BCUT2D eigenvalue weighted by molar-refractivity contribution is 5.44. The molecule has 1 rings (SSSR count). The molecule has 0 aliphatic heterocycles. The fraction of sp³-hybridized carbons (Fsp3) is 0.769. The van der Waals surface area contributed by atoms with E-state index in [1.54, 1.807) is 0 Å². The smallest absolute Gasteiger partial charge is 0.126 e. The third-order valence-corrected chi connectivity index (χ3v) is 5.20. The van der Waals surface area contributed by atoms with E-state index in [4.69, 9.17) is 4.74 Å². The molecule has 1 aromatic carbocycles. The van der Waals surface area contributed by atoms with E-state index in [2.05, 4.69) is 87.4 Å². The fourth-order valence-corrected chi connectivity index (χ4v) is 4.75. The summed E-state index contributed by atoms with van der Waals surface area (Å²) in [6, 6.07) is 6.70. The van der Waals surface area contributed by atoms with Crippen LogP contribution in [0, 0.1) is 10.8 Å². The molecule has 0 atom stereocenters. The van der Waals surface area contributed by atoms with E-state index in [9.17, 15) is 5.11 Å². The Morgan fingerprint density at radius 1 is 0.714 bits per heavy atom. The summed E-state index contributed by atoms with van der Waals surface area (Å²) < 4.78 is 6.30. The van der Waals surface area contributed by atoms with Crippen LogP contribution in [0.5, 0.6) is 5.75 Å². The maximum Gasteiger partial charge on any atom is 0.126 e. The minimum atomic E-state index is -0.602. The van der Waals surface area contributed by atoms with Crippen molar-refractivity contribution in [2.75, 3.05) is 6.61 Å². The van der Waals surface area contributed by atoms with Gasteiger partial charge in [-0.1, -0.05) is 81.4 Å². The van der Waals surface area contributed by atoms with Crippen molar-refractivity contribution in [3.05, 3.63) is 29.3 Å². The molecule has 0 aliphatic rings. The molecule has 162 valence electrons. The molecule has 0 saturated heterocycles. The first-order chi connectivity index (χ1) is 12.3. The van der Waals surface area contributed by atoms with Crippen LogP contribution in [0.2, 0.25) is 0 Å². The van der Waals surface area contributed by atoms with Gasteiger partial charge in [-0.2, -0.15) is 0 Å². The van der Waals surface area contributed by atoms with Crippen LogP contribution in [0.1, 0.15) is 107 Å². The van der Waals surface area contributed by atoms with Gasteiger partial charge in [0.05, 0.1) is 6.61 Å². The zero-order valence-electron chi connectivity index (χ0n) is 20.7. The highest BCUT2D eigenvalue weighted by Crippen LogP contribution is 2.44. The minimum Gasteiger partial charge on any atom is -0.485 e. The summed E-state index contributed by atoms with van der Waals surface area (Å²) in [5.41, 5.74) is 2.51. The highest BCUT2D eigenvalue weighted by Gasteiger charge is 2.34. The zero-order chi connectivity index (χ0) is 22.2. The molecular weight excluding hydrogens is 344 g/mol. The van der Waals surface area contributed by atoms with Crippen molar-refractivity contribution in [2.24, 2.45) is 10.8 Å². The predicted molar refractivity (Wildman–Crippen MR) is 122 cm³/mol. The minimum absolute atomic E-state index is 0.0105. The monoisotopic (exact) mass is 390 g/mol. The van der Waals surface area contributed by atoms with Crippen LogP contribution in [-0.4, -0.2) is 17.3 Å². The van der Waals surface area contributed by atoms with Crippen molar-refractivity contribution >= 4 is 0 Å². The largest absolute Gasteiger partial charge is 0.485 e. The van der Waals surface area contributed by atoms with E-state index in [0.717, 1.165) is 18.6 Å². The third-order valence-electron chi connectivity index (χ3n) is 5.20. The SMILES string of the molecule is CC(C)(C)CC(C)(C)c1ccc(OC(C)(C)CO)c(C(C)(C)CC(C)(C)C)c1. The number of hydrogen-bond donors (Lipinski definition) is 1. The number of ether oxygens (including phenoxy) is 1. The van der Waals surface area contributed by atoms with Crippen molar-refractivity contribution in [1.29, 1.82) is 0 Å². The van der Waals surface area contributed by atoms with Crippen LogP contribution in [-0.2, 0) is 10.8 Å². The Labute approximate surface area is 175 Å². The number of aliphatic hydroxyl groups is 1. The van der Waals surface area contributed by atoms with Gasteiger partial charge in [-0.15, -0.1) is 0 Å². The highest BCUT2D eigenvalue weighted by atomic mass is 16.5. The number of aliphatic hydroxyl groups excluding tert-OH is 1. The second-order valence-electron chi connectivity index (χ2n) is 13.0. The average molecular weight is 391 g/mol. The molecule has 0 aliphatic carbocycles. The lowest BCUT2D eigenvalue weighted by molar-refractivity contribution is 0.0392. The Bertz CT molecular complexity index is 652. The van der Waals surface area contributed by atoms with Gasteiger partial charge < -0.3 is 9.84 Å². The predicted octanol–water partition coefficient (Wildman–Crippen LogP) is 7.26. The van der Waals surface area contributed by atoms with Crippen molar-refractivity contribution < 1.29 is 9.84 Å². The standard InChI is InChI=1S/C26H46O2/c1-22(2,3)16-24(7,8)19-13-14-21(28-26(11,12)18-27)20(15-19)25(9,10)17-23(4,5)6/h13-15,27H,16-18H2,1-12H3. The lowest BCUT2D eigenvalue weighted by Gasteiger charge is -2.38. The molecule has 0 radical (unpaired) electrons. The molecule has 1 N–H and O–H groups in total. The molecule has 28 heavy (non-hydrogen) atoms. The lowest BCUT2D eigenvalue weighted by Crippen LogP contribution is -2.34. The van der Waals surface area contributed by atoms with Gasteiger partial charge >= 0.3 is 0 Å². The maximum absolute atomic E-state index is 9.72. The first kappa shape index (κ1) is 25.0. The van der Waals surface area contributed by atoms with Gasteiger partial charge in [0, 0.05) is 5.56 Å². The van der Waals surface area contributed by atoms with Crippen molar-refractivity contribution in [2.45, 2.75) is 112 Å². The Kier molecular flexibility index (Phi) is 7.16. The second kappa shape index (κ2) is 8.01. The Morgan fingerprint density at radius 2 is 1.18 bits per heavy atom. The quantitative estimate of drug-likeness (QED) is 0.530. The van der Waals surface area contributed by atoms with Gasteiger partial charge in [0.2, 0.25) is 0 Å². The molecule has 0 amide bonds. The molecule has 0 unspecified atom stereocenters. The Morgan fingerprint density at radius 3 is 1.61 bits per heavy atom. The van der Waals surface area contributed by atoms with E-state index in [-0.39, 0.29) is 28.3 Å². The Balaban J connectivity index is 3.52. The number of hydrogen-bond acceptors (Lipinski definition) is 2. The van der Waals surface area contributed by atoms with E-state index in [1.165, 1.54) is 11.1 Å². The van der Waals surface area contributed by atoms with Crippen LogP contribution in [0.3, 0.4) is 0 Å². The molecule has 0 heterocycles. The summed E-state index contributed by atoms with van der Waals surface area (Å²) in [5.74, 6) is 0.892. The summed E-state index contributed by atoms with van der Waals surface area (Å²) in [5, 5.41) is 9.72. The average Bonchev–Trinajstić information content (AvgIpc) is 2.41. The second-order valence-corrected chi connectivity index (χ2v) is 13.0. The lowest BCUT2D eigenvalue weighted by atomic mass is 9.68. The third kappa shape index (κ3) is 7.43. The van der Waals surface area contributed by atoms with E-state index >= 15 is 0 Å². The van der Waals surface area contributed by atoms with Gasteiger partial charge in [-0.25, -0.2) is 0 Å². The van der Waals surface area contributed by atoms with Gasteiger partial charge in [0.15, 0.2) is 0 Å². The van der Waals surface area contributed by atoms with E-state index in [1.807, 2.05) is 13.8 Å². The number of rotatable bonds is 7. The van der Waals surface area contributed by atoms with Gasteiger partial charge in [-0.05, 0) is 60.0 Å². The van der Waals surface area contributed by atoms with Crippen LogP contribution in [0.25, 0.3) is 0 Å². The summed E-state index contributed by atoms with van der Waals surface area (Å²) in [4.78, 5) is 0. The maximum atomic E-state index is 9.72. The first-order valence-corrected chi connectivity index (χ1v) is 10.7. The molecule has 0 aromatic heterocycles. The van der Waals surface area contributed by atoms with Gasteiger partial charge in [0.1, 0.15) is 11.4 Å². The summed E-state index contributed by atoms with van der Waals surface area (Å²) in [6.45, 7) is 27.0. The van der Waals surface area contributed by atoms with Crippen LogP contribution >= 0.6 is 0 Å². The molecular formula is C26H46O2. The molecule has 0 fully saturated rings. The van der Waals surface area contributed by atoms with E-state index < -0.39 is 5.60 Å². The van der Waals surface area contributed by atoms with Crippen LogP contribution in [0.15, 0.2) is 18.2 Å². The molecule has 0 spiro atoms. The molecule has 0 bridgehead atoms. The summed E-state index contributed by atoms with van der Waals surface area (Å²) in [6.07, 6.45) is 2.17. The topological polar surface area (TPSA) is 29.5 Å².